The maximum Gasteiger partial charge on any atom is 0.524 e. The summed E-state index contributed by atoms with van der Waals surface area (Å²) >= 11 is 0. The number of ether oxygens (including phenoxy) is 1. The van der Waals surface area contributed by atoms with Crippen LogP contribution >= 0.6 is 7.82 Å². The van der Waals surface area contributed by atoms with Gasteiger partial charge in [0.05, 0.1) is 7.11 Å². The Morgan fingerprint density at radius 3 is 2.60 bits per heavy atom. The first-order chi connectivity index (χ1) is 6.96. The summed E-state index contributed by atoms with van der Waals surface area (Å²) in [6.07, 6.45) is 0. The van der Waals surface area contributed by atoms with E-state index in [0.717, 1.165) is 0 Å². The number of benzene rings is 1. The molecule has 15 heavy (non-hydrogen) atoms. The predicted octanol–water partition coefficient (Wildman–Crippen LogP) is 1.50. The first kappa shape index (κ1) is 11.7. The van der Waals surface area contributed by atoms with E-state index in [-0.39, 0.29) is 5.75 Å². The van der Waals surface area contributed by atoms with Crippen LogP contribution in [0.3, 0.4) is 0 Å². The second-order valence-electron chi connectivity index (χ2n) is 2.57. The number of phosphoric acid groups is 1. The lowest BCUT2D eigenvalue weighted by molar-refractivity contribution is 0.282. The Balaban J connectivity index is 3.03. The van der Waals surface area contributed by atoms with Gasteiger partial charge in [0.2, 0.25) is 0 Å². The van der Waals surface area contributed by atoms with E-state index in [4.69, 9.17) is 14.5 Å². The molecule has 0 aliphatic heterocycles. The Morgan fingerprint density at radius 2 is 2.13 bits per heavy atom. The molecule has 0 aliphatic rings. The van der Waals surface area contributed by atoms with Crippen molar-refractivity contribution in [3.63, 3.8) is 0 Å². The van der Waals surface area contributed by atoms with Crippen LogP contribution in [0.1, 0.15) is 0 Å². The molecule has 0 fully saturated rings. The van der Waals surface area contributed by atoms with Crippen molar-refractivity contribution in [1.82, 2.24) is 0 Å². The zero-order valence-corrected chi connectivity index (χ0v) is 8.85. The van der Waals surface area contributed by atoms with Gasteiger partial charge < -0.3 is 9.26 Å². The molecular weight excluding hydrogens is 221 g/mol. The number of rotatable bonds is 4. The standard InChI is InChI=1S/C8H10NO5P/c1-9-7-4-3-6(5-8(7)13-2)14-15(10,11)12/h3-5H,1H2,2H3,(H2,10,11,12). The van der Waals surface area contributed by atoms with Crippen LogP contribution in [0.2, 0.25) is 0 Å². The maximum atomic E-state index is 10.6. The summed E-state index contributed by atoms with van der Waals surface area (Å²) in [6.45, 7) is 3.32. The van der Waals surface area contributed by atoms with Crippen LogP contribution in [0.25, 0.3) is 0 Å². The fourth-order valence-electron chi connectivity index (χ4n) is 0.983. The number of hydrogen-bond acceptors (Lipinski definition) is 4. The first-order valence-corrected chi connectivity index (χ1v) is 5.39. The van der Waals surface area contributed by atoms with E-state index in [1.807, 2.05) is 0 Å². The molecule has 6 nitrogen and oxygen atoms in total. The van der Waals surface area contributed by atoms with E-state index >= 15 is 0 Å². The zero-order valence-electron chi connectivity index (χ0n) is 7.95. The van der Waals surface area contributed by atoms with Crippen LogP contribution in [0.15, 0.2) is 23.2 Å². The normalized spacial score (nSPS) is 10.9. The van der Waals surface area contributed by atoms with Crippen LogP contribution in [0.5, 0.6) is 11.5 Å². The Morgan fingerprint density at radius 1 is 1.47 bits per heavy atom. The van der Waals surface area contributed by atoms with Crippen molar-refractivity contribution in [2.75, 3.05) is 7.11 Å². The lowest BCUT2D eigenvalue weighted by Crippen LogP contribution is -1.91. The molecule has 0 atom stereocenters. The van der Waals surface area contributed by atoms with Gasteiger partial charge in [-0.2, -0.15) is 0 Å². The highest BCUT2D eigenvalue weighted by molar-refractivity contribution is 7.46. The van der Waals surface area contributed by atoms with Crippen LogP contribution < -0.4 is 9.26 Å². The van der Waals surface area contributed by atoms with Crippen LogP contribution in [0.4, 0.5) is 5.69 Å². The highest BCUT2D eigenvalue weighted by Crippen LogP contribution is 2.40. The summed E-state index contributed by atoms with van der Waals surface area (Å²) in [6, 6.07) is 4.17. The summed E-state index contributed by atoms with van der Waals surface area (Å²) in [5.41, 5.74) is 0.468. The van der Waals surface area contributed by atoms with Crippen molar-refractivity contribution >= 4 is 20.2 Å². The number of methoxy groups -OCH3 is 1. The molecule has 0 spiro atoms. The van der Waals surface area contributed by atoms with Gasteiger partial charge in [-0.25, -0.2) is 4.57 Å². The predicted molar refractivity (Wildman–Crippen MR) is 54.9 cm³/mol. The van der Waals surface area contributed by atoms with Crippen molar-refractivity contribution in [1.29, 1.82) is 0 Å². The monoisotopic (exact) mass is 231 g/mol. The molecule has 2 N–H and O–H groups in total. The summed E-state index contributed by atoms with van der Waals surface area (Å²) in [4.78, 5) is 20.8. The Kier molecular flexibility index (Phi) is 3.47. The average molecular weight is 231 g/mol. The highest BCUT2D eigenvalue weighted by atomic mass is 31.2. The van der Waals surface area contributed by atoms with E-state index in [9.17, 15) is 4.57 Å². The third-order valence-corrected chi connectivity index (χ3v) is 1.99. The molecule has 1 aromatic rings. The SMILES string of the molecule is C=Nc1ccc(OP(=O)(O)O)cc1OC. The van der Waals surface area contributed by atoms with Gasteiger partial charge in [-0.1, -0.05) is 0 Å². The zero-order chi connectivity index (χ0) is 11.5. The fraction of sp³-hybridized carbons (Fsp3) is 0.125. The molecule has 0 saturated heterocycles. The number of aliphatic imine (C=N–C) groups is 1. The Labute approximate surface area is 86.4 Å². The third-order valence-electron chi connectivity index (χ3n) is 1.55. The topological polar surface area (TPSA) is 88.4 Å². The van der Waals surface area contributed by atoms with Crippen LogP contribution in [-0.2, 0) is 4.57 Å². The van der Waals surface area contributed by atoms with Gasteiger partial charge in [0, 0.05) is 6.07 Å². The van der Waals surface area contributed by atoms with Crippen LogP contribution in [0, 0.1) is 0 Å². The fourth-order valence-corrected chi connectivity index (χ4v) is 1.37. The Hall–Kier alpha value is -1.36. The third kappa shape index (κ3) is 3.36. The highest BCUT2D eigenvalue weighted by Gasteiger charge is 2.16. The lowest BCUT2D eigenvalue weighted by atomic mass is 10.3. The molecule has 0 aliphatic carbocycles. The van der Waals surface area contributed by atoms with Gasteiger partial charge in [0.25, 0.3) is 0 Å². The van der Waals surface area contributed by atoms with Gasteiger partial charge in [0.1, 0.15) is 17.2 Å². The number of phosphoric ester groups is 1. The van der Waals surface area contributed by atoms with E-state index in [0.29, 0.717) is 11.4 Å². The van der Waals surface area contributed by atoms with E-state index < -0.39 is 7.82 Å². The minimum absolute atomic E-state index is 0.00702. The molecule has 0 aromatic heterocycles. The molecule has 1 rings (SSSR count). The largest absolute Gasteiger partial charge is 0.524 e. The van der Waals surface area contributed by atoms with Crippen molar-refractivity contribution in [2.45, 2.75) is 0 Å². The van der Waals surface area contributed by atoms with Crippen LogP contribution in [-0.4, -0.2) is 23.6 Å². The molecule has 0 unspecified atom stereocenters. The van der Waals surface area contributed by atoms with Crippen molar-refractivity contribution < 1.29 is 23.6 Å². The number of nitrogens with zero attached hydrogens (tertiary/aromatic N) is 1. The molecule has 0 saturated carbocycles. The van der Waals surface area contributed by atoms with Gasteiger partial charge in [-0.3, -0.25) is 14.8 Å². The Bertz CT molecular complexity index is 413. The minimum atomic E-state index is -4.54. The smallest absolute Gasteiger partial charge is 0.494 e. The lowest BCUT2D eigenvalue weighted by Gasteiger charge is -2.09. The molecule has 0 heterocycles. The maximum absolute atomic E-state index is 10.6. The molecule has 0 amide bonds. The van der Waals surface area contributed by atoms with E-state index in [1.165, 1.54) is 25.3 Å². The van der Waals surface area contributed by atoms with E-state index in [1.54, 1.807) is 0 Å². The van der Waals surface area contributed by atoms with Crippen molar-refractivity contribution in [2.24, 2.45) is 4.99 Å². The van der Waals surface area contributed by atoms with E-state index in [2.05, 4.69) is 16.2 Å². The van der Waals surface area contributed by atoms with Gasteiger partial charge in [0.15, 0.2) is 0 Å². The first-order valence-electron chi connectivity index (χ1n) is 3.86. The van der Waals surface area contributed by atoms with Gasteiger partial charge in [-0.05, 0) is 18.9 Å². The molecule has 1 aromatic carbocycles. The summed E-state index contributed by atoms with van der Waals surface area (Å²) in [5.74, 6) is 0.337. The summed E-state index contributed by atoms with van der Waals surface area (Å²) in [7, 11) is -3.14. The van der Waals surface area contributed by atoms with Crippen molar-refractivity contribution in [3.05, 3.63) is 18.2 Å². The van der Waals surface area contributed by atoms with Crippen molar-refractivity contribution in [3.8, 4) is 11.5 Å². The number of hydrogen-bond donors (Lipinski definition) is 2. The van der Waals surface area contributed by atoms with Gasteiger partial charge >= 0.3 is 7.82 Å². The quantitative estimate of drug-likeness (QED) is 0.605. The summed E-state index contributed by atoms with van der Waals surface area (Å²) < 4.78 is 19.8. The summed E-state index contributed by atoms with van der Waals surface area (Å²) in [5, 5.41) is 0. The second-order valence-corrected chi connectivity index (χ2v) is 3.74. The molecule has 7 heteroatoms. The average Bonchev–Trinajstić information content (AvgIpc) is 2.15. The van der Waals surface area contributed by atoms with Gasteiger partial charge in [-0.15, -0.1) is 0 Å². The molecule has 0 bridgehead atoms. The molecule has 82 valence electrons. The molecular formula is C8H10NO5P. The minimum Gasteiger partial charge on any atom is -0.494 e. The molecule has 0 radical (unpaired) electrons. The second kappa shape index (κ2) is 4.44.